The summed E-state index contributed by atoms with van der Waals surface area (Å²) in [6.07, 6.45) is 0. The summed E-state index contributed by atoms with van der Waals surface area (Å²) < 4.78 is 33.1. The van der Waals surface area contributed by atoms with Crippen molar-refractivity contribution < 1.29 is 17.9 Å². The number of amides is 1. The zero-order valence-electron chi connectivity index (χ0n) is 19.5. The maximum absolute atomic E-state index is 12.7. The maximum atomic E-state index is 12.7. The minimum atomic E-state index is -3.76. The molecule has 3 aromatic carbocycles. The fourth-order valence-corrected chi connectivity index (χ4v) is 5.14. The molecule has 4 rings (SSSR count). The minimum Gasteiger partial charge on any atom is -0.379 e. The van der Waals surface area contributed by atoms with Gasteiger partial charge < -0.3 is 10.1 Å². The third kappa shape index (κ3) is 6.82. The van der Waals surface area contributed by atoms with Gasteiger partial charge in [0.25, 0.3) is 15.9 Å². The second kappa shape index (κ2) is 11.2. The predicted octanol–water partition coefficient (Wildman–Crippen LogP) is 4.21. The van der Waals surface area contributed by atoms with E-state index in [0.29, 0.717) is 6.54 Å². The van der Waals surface area contributed by atoms with Gasteiger partial charge in [0.15, 0.2) is 0 Å². The third-order valence-electron chi connectivity index (χ3n) is 5.75. The van der Waals surface area contributed by atoms with Gasteiger partial charge in [-0.15, -0.1) is 0 Å². The smallest absolute Gasteiger partial charge is 0.261 e. The van der Waals surface area contributed by atoms with Crippen LogP contribution < -0.4 is 10.0 Å². The van der Waals surface area contributed by atoms with E-state index in [2.05, 4.69) is 27.1 Å². The van der Waals surface area contributed by atoms with Crippen LogP contribution in [0.2, 0.25) is 5.02 Å². The zero-order valence-corrected chi connectivity index (χ0v) is 21.0. The van der Waals surface area contributed by atoms with E-state index in [9.17, 15) is 13.2 Å². The van der Waals surface area contributed by atoms with Gasteiger partial charge in [-0.05, 0) is 48.4 Å². The van der Waals surface area contributed by atoms with Crippen LogP contribution in [0.3, 0.4) is 0 Å². The van der Waals surface area contributed by atoms with Crippen molar-refractivity contribution in [1.29, 1.82) is 0 Å². The van der Waals surface area contributed by atoms with Crippen molar-refractivity contribution in [2.24, 2.45) is 0 Å². The number of halogens is 1. The normalized spacial score (nSPS) is 14.5. The molecule has 0 atom stereocenters. The van der Waals surface area contributed by atoms with Crippen LogP contribution in [-0.2, 0) is 27.8 Å². The first-order chi connectivity index (χ1) is 16.8. The van der Waals surface area contributed by atoms with Gasteiger partial charge in [-0.3, -0.25) is 14.4 Å². The summed E-state index contributed by atoms with van der Waals surface area (Å²) in [6, 6.07) is 19.1. The Kier molecular flexibility index (Phi) is 8.07. The van der Waals surface area contributed by atoms with Crippen LogP contribution in [0, 0.1) is 6.92 Å². The highest BCUT2D eigenvalue weighted by Crippen LogP contribution is 2.24. The summed E-state index contributed by atoms with van der Waals surface area (Å²) in [4.78, 5) is 15.2. The molecular weight excluding hydrogens is 486 g/mol. The monoisotopic (exact) mass is 513 g/mol. The van der Waals surface area contributed by atoms with E-state index in [4.69, 9.17) is 16.3 Å². The molecule has 9 heteroatoms. The van der Waals surface area contributed by atoms with Gasteiger partial charge in [0.1, 0.15) is 0 Å². The van der Waals surface area contributed by atoms with Crippen molar-refractivity contribution in [3.8, 4) is 0 Å². The second-order valence-electron chi connectivity index (χ2n) is 8.50. The zero-order chi connectivity index (χ0) is 24.8. The Balaban J connectivity index is 1.37. The lowest BCUT2D eigenvalue weighted by atomic mass is 10.1. The molecule has 1 fully saturated rings. The highest BCUT2D eigenvalue weighted by atomic mass is 35.5. The van der Waals surface area contributed by atoms with Crippen molar-refractivity contribution in [3.63, 3.8) is 0 Å². The number of nitrogens with one attached hydrogen (secondary N) is 2. The van der Waals surface area contributed by atoms with Crippen LogP contribution in [0.5, 0.6) is 0 Å². The van der Waals surface area contributed by atoms with E-state index >= 15 is 0 Å². The molecule has 0 bridgehead atoms. The molecule has 0 radical (unpaired) electrons. The second-order valence-corrected chi connectivity index (χ2v) is 10.6. The first kappa shape index (κ1) is 25.2. The first-order valence-electron chi connectivity index (χ1n) is 11.4. The standard InChI is InChI=1S/C26H28ClN3O4S/c1-19-5-8-23(9-6-19)35(32,33)29-22-7-10-24(25(27)16-22)26(31)28-17-20-3-2-4-21(15-20)18-30-11-13-34-14-12-30/h2-10,15-16,29H,11-14,17-18H2,1H3,(H,28,31). The summed E-state index contributed by atoms with van der Waals surface area (Å²) in [5, 5.41) is 3.05. The number of rotatable bonds is 8. The van der Waals surface area contributed by atoms with Crippen LogP contribution in [0.1, 0.15) is 27.0 Å². The fourth-order valence-electron chi connectivity index (χ4n) is 3.83. The number of hydrogen-bond donors (Lipinski definition) is 2. The number of hydrogen-bond acceptors (Lipinski definition) is 5. The lowest BCUT2D eigenvalue weighted by molar-refractivity contribution is 0.0342. The van der Waals surface area contributed by atoms with Gasteiger partial charge in [0.2, 0.25) is 0 Å². The van der Waals surface area contributed by atoms with Crippen molar-refractivity contribution in [1.82, 2.24) is 10.2 Å². The van der Waals surface area contributed by atoms with E-state index in [-0.39, 0.29) is 27.1 Å². The summed E-state index contributed by atoms with van der Waals surface area (Å²) in [5.41, 5.74) is 3.69. The molecule has 0 saturated carbocycles. The molecule has 0 spiro atoms. The molecule has 0 unspecified atom stereocenters. The highest BCUT2D eigenvalue weighted by molar-refractivity contribution is 7.92. The number of carbonyl (C=O) groups excluding carboxylic acids is 1. The number of sulfonamides is 1. The van der Waals surface area contributed by atoms with Gasteiger partial charge in [-0.25, -0.2) is 8.42 Å². The van der Waals surface area contributed by atoms with E-state index in [1.165, 1.54) is 35.9 Å². The average Bonchev–Trinajstić information content (AvgIpc) is 2.83. The lowest BCUT2D eigenvalue weighted by Gasteiger charge is -2.26. The van der Waals surface area contributed by atoms with Crippen LogP contribution in [-0.4, -0.2) is 45.5 Å². The van der Waals surface area contributed by atoms with Crippen molar-refractivity contribution in [2.75, 3.05) is 31.0 Å². The topological polar surface area (TPSA) is 87.7 Å². The van der Waals surface area contributed by atoms with E-state index in [1.54, 1.807) is 12.1 Å². The first-order valence-corrected chi connectivity index (χ1v) is 13.2. The predicted molar refractivity (Wildman–Crippen MR) is 137 cm³/mol. The molecule has 35 heavy (non-hydrogen) atoms. The molecule has 184 valence electrons. The van der Waals surface area contributed by atoms with Crippen molar-refractivity contribution >= 4 is 33.2 Å². The SMILES string of the molecule is Cc1ccc(S(=O)(=O)Nc2ccc(C(=O)NCc3cccc(CN4CCOCC4)c3)c(Cl)c2)cc1. The van der Waals surface area contributed by atoms with Gasteiger partial charge in [0.05, 0.1) is 34.4 Å². The van der Waals surface area contributed by atoms with E-state index < -0.39 is 10.0 Å². The Morgan fingerprint density at radius 1 is 1.00 bits per heavy atom. The molecule has 3 aromatic rings. The number of carbonyl (C=O) groups is 1. The number of nitrogens with zero attached hydrogens (tertiary/aromatic N) is 1. The Hall–Kier alpha value is -2.91. The van der Waals surface area contributed by atoms with Gasteiger partial charge in [-0.1, -0.05) is 53.6 Å². The van der Waals surface area contributed by atoms with Crippen LogP contribution >= 0.6 is 11.6 Å². The Labute approximate surface area is 211 Å². The molecule has 0 aromatic heterocycles. The van der Waals surface area contributed by atoms with Gasteiger partial charge in [-0.2, -0.15) is 0 Å². The van der Waals surface area contributed by atoms with Crippen LogP contribution in [0.15, 0.2) is 71.6 Å². The Bertz CT molecular complexity index is 1290. The van der Waals surface area contributed by atoms with Crippen molar-refractivity contribution in [2.45, 2.75) is 24.9 Å². The molecule has 7 nitrogen and oxygen atoms in total. The highest BCUT2D eigenvalue weighted by Gasteiger charge is 2.17. The Morgan fingerprint density at radius 2 is 1.71 bits per heavy atom. The molecule has 1 heterocycles. The number of aryl methyl sites for hydroxylation is 1. The fraction of sp³-hybridized carbons (Fsp3) is 0.269. The summed E-state index contributed by atoms with van der Waals surface area (Å²) >= 11 is 6.32. The maximum Gasteiger partial charge on any atom is 0.261 e. The summed E-state index contributed by atoms with van der Waals surface area (Å²) in [7, 11) is -3.76. The van der Waals surface area contributed by atoms with Gasteiger partial charge >= 0.3 is 0 Å². The minimum absolute atomic E-state index is 0.150. The number of anilines is 1. The average molecular weight is 514 g/mol. The van der Waals surface area contributed by atoms with E-state index in [1.807, 2.05) is 19.1 Å². The number of benzene rings is 3. The lowest BCUT2D eigenvalue weighted by Crippen LogP contribution is -2.35. The molecule has 0 aliphatic carbocycles. The largest absolute Gasteiger partial charge is 0.379 e. The van der Waals surface area contributed by atoms with E-state index in [0.717, 1.165) is 44.0 Å². The molecule has 1 aliphatic rings. The number of morpholine rings is 1. The molecule has 2 N–H and O–H groups in total. The molecule has 1 saturated heterocycles. The molecular formula is C26H28ClN3O4S. The van der Waals surface area contributed by atoms with Crippen LogP contribution in [0.25, 0.3) is 0 Å². The van der Waals surface area contributed by atoms with Crippen molar-refractivity contribution in [3.05, 3.63) is 94.0 Å². The van der Waals surface area contributed by atoms with Crippen LogP contribution in [0.4, 0.5) is 5.69 Å². The summed E-state index contributed by atoms with van der Waals surface area (Å²) in [6.45, 7) is 6.42. The molecule has 1 amide bonds. The third-order valence-corrected chi connectivity index (χ3v) is 7.46. The van der Waals surface area contributed by atoms with Gasteiger partial charge in [0, 0.05) is 26.2 Å². The number of ether oxygens (including phenoxy) is 1. The summed E-state index contributed by atoms with van der Waals surface area (Å²) in [5.74, 6) is -0.332. The molecule has 1 aliphatic heterocycles. The quantitative estimate of drug-likeness (QED) is 0.471. The Morgan fingerprint density at radius 3 is 2.43 bits per heavy atom.